The Bertz CT molecular complexity index is 397. The molecule has 0 spiro atoms. The molecule has 94 valence electrons. The first-order valence-electron chi connectivity index (χ1n) is 4.55. The highest BCUT2D eigenvalue weighted by Crippen LogP contribution is 2.21. The third-order valence-corrected chi connectivity index (χ3v) is 2.65. The van der Waals surface area contributed by atoms with Crippen LogP contribution in [0.4, 0.5) is 18.9 Å². The van der Waals surface area contributed by atoms with Crippen molar-refractivity contribution in [2.24, 2.45) is 0 Å². The number of carbonyl (C=O) groups is 1. The number of amides is 1. The Hall–Kier alpha value is -1.44. The summed E-state index contributed by atoms with van der Waals surface area (Å²) in [6, 6.07) is 3.23. The van der Waals surface area contributed by atoms with Gasteiger partial charge < -0.3 is 11.1 Å². The number of carbonyl (C=O) groups excluding carboxylic acids is 1. The molecule has 0 aliphatic rings. The maximum Gasteiger partial charge on any atom is 0.405 e. The topological polar surface area (TPSA) is 68.0 Å². The van der Waals surface area contributed by atoms with E-state index in [4.69, 9.17) is 5.73 Å². The van der Waals surface area contributed by atoms with Crippen molar-refractivity contribution in [3.63, 3.8) is 0 Å². The van der Waals surface area contributed by atoms with Gasteiger partial charge in [0, 0.05) is 6.20 Å². The van der Waals surface area contributed by atoms with Crippen LogP contribution in [0.2, 0.25) is 0 Å². The minimum absolute atomic E-state index is 0.155. The van der Waals surface area contributed by atoms with Crippen LogP contribution in [0.15, 0.2) is 23.4 Å². The molecule has 0 saturated heterocycles. The Kier molecular flexibility index (Phi) is 4.62. The van der Waals surface area contributed by atoms with Gasteiger partial charge in [0.15, 0.2) is 0 Å². The number of nitrogens with zero attached hydrogens (tertiary/aromatic N) is 1. The Morgan fingerprint density at radius 2 is 2.24 bits per heavy atom. The van der Waals surface area contributed by atoms with E-state index in [1.807, 2.05) is 0 Å². The van der Waals surface area contributed by atoms with Gasteiger partial charge in [0.2, 0.25) is 5.91 Å². The van der Waals surface area contributed by atoms with E-state index in [1.54, 1.807) is 17.4 Å². The van der Waals surface area contributed by atoms with Gasteiger partial charge in [-0.3, -0.25) is 4.79 Å². The van der Waals surface area contributed by atoms with Crippen molar-refractivity contribution < 1.29 is 18.0 Å². The molecule has 1 aromatic rings. The Morgan fingerprint density at radius 3 is 2.82 bits per heavy atom. The van der Waals surface area contributed by atoms with Crippen molar-refractivity contribution >= 4 is 23.4 Å². The van der Waals surface area contributed by atoms with Crippen LogP contribution in [0.5, 0.6) is 0 Å². The average Bonchev–Trinajstić information content (AvgIpc) is 2.24. The highest BCUT2D eigenvalue weighted by Gasteiger charge is 2.27. The first kappa shape index (κ1) is 13.6. The van der Waals surface area contributed by atoms with Gasteiger partial charge >= 0.3 is 6.18 Å². The SMILES string of the molecule is Nc1cccnc1SCC(=O)NCC(F)(F)F. The first-order valence-corrected chi connectivity index (χ1v) is 5.54. The van der Waals surface area contributed by atoms with Gasteiger partial charge in [-0.05, 0) is 12.1 Å². The predicted octanol–water partition coefficient (Wildman–Crippen LogP) is 1.43. The predicted molar refractivity (Wildman–Crippen MR) is 58.4 cm³/mol. The number of hydrogen-bond donors (Lipinski definition) is 2. The van der Waals surface area contributed by atoms with Crippen LogP contribution < -0.4 is 11.1 Å². The van der Waals surface area contributed by atoms with Crippen molar-refractivity contribution in [1.82, 2.24) is 10.3 Å². The van der Waals surface area contributed by atoms with Gasteiger partial charge in [-0.2, -0.15) is 13.2 Å². The van der Waals surface area contributed by atoms with Crippen molar-refractivity contribution in [2.45, 2.75) is 11.2 Å². The summed E-state index contributed by atoms with van der Waals surface area (Å²) in [7, 11) is 0. The largest absolute Gasteiger partial charge is 0.405 e. The lowest BCUT2D eigenvalue weighted by Crippen LogP contribution is -2.34. The zero-order chi connectivity index (χ0) is 12.9. The zero-order valence-electron chi connectivity index (χ0n) is 8.62. The monoisotopic (exact) mass is 265 g/mol. The van der Waals surface area contributed by atoms with E-state index in [-0.39, 0.29) is 5.75 Å². The smallest absolute Gasteiger partial charge is 0.397 e. The van der Waals surface area contributed by atoms with E-state index in [1.165, 1.54) is 6.20 Å². The second kappa shape index (κ2) is 5.76. The van der Waals surface area contributed by atoms with Crippen molar-refractivity contribution in [3.05, 3.63) is 18.3 Å². The van der Waals surface area contributed by atoms with Crippen molar-refractivity contribution in [2.75, 3.05) is 18.0 Å². The van der Waals surface area contributed by atoms with Crippen molar-refractivity contribution in [1.29, 1.82) is 0 Å². The average molecular weight is 265 g/mol. The molecule has 0 aliphatic carbocycles. The molecule has 0 aliphatic heterocycles. The van der Waals surface area contributed by atoms with Crippen LogP contribution >= 0.6 is 11.8 Å². The normalized spacial score (nSPS) is 11.2. The van der Waals surface area contributed by atoms with Crippen LogP contribution in [0.3, 0.4) is 0 Å². The molecule has 1 heterocycles. The zero-order valence-corrected chi connectivity index (χ0v) is 9.44. The summed E-state index contributed by atoms with van der Waals surface area (Å²) >= 11 is 0.990. The summed E-state index contributed by atoms with van der Waals surface area (Å²) < 4.78 is 35.4. The van der Waals surface area contributed by atoms with Crippen LogP contribution in [0.25, 0.3) is 0 Å². The number of rotatable bonds is 4. The van der Waals surface area contributed by atoms with Gasteiger partial charge in [-0.1, -0.05) is 11.8 Å². The number of hydrogen-bond acceptors (Lipinski definition) is 4. The second-order valence-corrected chi connectivity index (χ2v) is 4.04. The molecule has 1 rings (SSSR count). The number of thioether (sulfide) groups is 1. The molecule has 0 atom stereocenters. The molecule has 0 bridgehead atoms. The van der Waals surface area contributed by atoms with Crippen LogP contribution in [0, 0.1) is 0 Å². The van der Waals surface area contributed by atoms with Gasteiger partial charge in [0.1, 0.15) is 11.6 Å². The molecule has 17 heavy (non-hydrogen) atoms. The van der Waals surface area contributed by atoms with E-state index >= 15 is 0 Å². The molecule has 0 radical (unpaired) electrons. The summed E-state index contributed by atoms with van der Waals surface area (Å²) in [4.78, 5) is 15.0. The molecular formula is C9H10F3N3OS. The Balaban J connectivity index is 2.36. The number of halogens is 3. The summed E-state index contributed by atoms with van der Waals surface area (Å²) in [5.74, 6) is -0.866. The third kappa shape index (κ3) is 5.43. The summed E-state index contributed by atoms with van der Waals surface area (Å²) in [6.45, 7) is -1.33. The highest BCUT2D eigenvalue weighted by molar-refractivity contribution is 8.00. The minimum atomic E-state index is -4.40. The van der Waals surface area contributed by atoms with E-state index in [0.717, 1.165) is 11.8 Å². The van der Waals surface area contributed by atoms with Gasteiger partial charge in [0.05, 0.1) is 11.4 Å². The lowest BCUT2D eigenvalue weighted by atomic mass is 10.4. The lowest BCUT2D eigenvalue weighted by molar-refractivity contribution is -0.136. The first-order chi connectivity index (χ1) is 7.88. The molecular weight excluding hydrogens is 255 g/mol. The summed E-state index contributed by atoms with van der Waals surface area (Å²) in [5, 5.41) is 2.18. The fourth-order valence-corrected chi connectivity index (χ4v) is 1.65. The molecule has 3 N–H and O–H groups in total. The number of nitrogens with one attached hydrogen (secondary N) is 1. The Morgan fingerprint density at radius 1 is 1.53 bits per heavy atom. The molecule has 0 fully saturated rings. The number of alkyl halides is 3. The van der Waals surface area contributed by atoms with E-state index < -0.39 is 18.6 Å². The van der Waals surface area contributed by atoms with Gasteiger partial charge in [-0.25, -0.2) is 4.98 Å². The third-order valence-electron chi connectivity index (χ3n) is 1.63. The number of aromatic nitrogens is 1. The molecule has 0 unspecified atom stereocenters. The van der Waals surface area contributed by atoms with Crippen molar-refractivity contribution in [3.8, 4) is 0 Å². The maximum atomic E-state index is 11.8. The quantitative estimate of drug-likeness (QED) is 0.808. The highest BCUT2D eigenvalue weighted by atomic mass is 32.2. The van der Waals surface area contributed by atoms with Gasteiger partial charge in [0.25, 0.3) is 0 Å². The minimum Gasteiger partial charge on any atom is -0.397 e. The molecule has 0 saturated carbocycles. The van der Waals surface area contributed by atoms with Crippen LogP contribution in [-0.2, 0) is 4.79 Å². The van der Waals surface area contributed by atoms with Crippen LogP contribution in [0.1, 0.15) is 0 Å². The fourth-order valence-electron chi connectivity index (χ4n) is 0.908. The molecule has 1 aromatic heterocycles. The summed E-state index contributed by atoms with van der Waals surface area (Å²) in [6.07, 6.45) is -2.91. The van der Waals surface area contributed by atoms with E-state index in [2.05, 4.69) is 4.98 Å². The number of nitrogen functional groups attached to an aromatic ring is 1. The van der Waals surface area contributed by atoms with E-state index in [0.29, 0.717) is 10.7 Å². The standard InChI is InChI=1S/C9H10F3N3OS/c10-9(11,12)5-15-7(16)4-17-8-6(13)2-1-3-14-8/h1-3H,4-5,13H2,(H,15,16). The van der Waals surface area contributed by atoms with Gasteiger partial charge in [-0.15, -0.1) is 0 Å². The fraction of sp³-hybridized carbons (Fsp3) is 0.333. The second-order valence-electron chi connectivity index (χ2n) is 3.08. The lowest BCUT2D eigenvalue weighted by Gasteiger charge is -2.08. The molecule has 4 nitrogen and oxygen atoms in total. The number of anilines is 1. The van der Waals surface area contributed by atoms with Crippen LogP contribution in [-0.4, -0.2) is 29.4 Å². The molecule has 0 aromatic carbocycles. The maximum absolute atomic E-state index is 11.8. The molecule has 8 heteroatoms. The number of nitrogens with two attached hydrogens (primary N) is 1. The Labute approximate surface area is 99.8 Å². The number of pyridine rings is 1. The summed E-state index contributed by atoms with van der Waals surface area (Å²) in [5.41, 5.74) is 5.94. The molecule has 1 amide bonds. The van der Waals surface area contributed by atoms with E-state index in [9.17, 15) is 18.0 Å².